The molecule has 6 nitrogen and oxygen atoms in total. The molecule has 20 heavy (non-hydrogen) atoms. The molecule has 0 saturated heterocycles. The fraction of sp³-hybridized carbons (Fsp3) is 0.538. The summed E-state index contributed by atoms with van der Waals surface area (Å²) in [6, 6.07) is 0. The second-order valence-corrected chi connectivity index (χ2v) is 4.10. The first-order valence-corrected chi connectivity index (χ1v) is 6.05. The highest BCUT2D eigenvalue weighted by Crippen LogP contribution is 2.25. The van der Waals surface area contributed by atoms with Gasteiger partial charge in [-0.2, -0.15) is 0 Å². The standard InChI is InChI=1S/C13H22FN3O3/c1-4-13(20-3,6-8-18)9-11(14)17(10-19)7-5-12(15)16-2/h4-5,7,10-11,18H,1,6,8-9H2,2-3H3,(H2,15,16)/b7-5-/t11-,13-/m1/s1. The molecule has 0 rings (SSSR count). The van der Waals surface area contributed by atoms with E-state index in [0.717, 1.165) is 4.90 Å². The highest BCUT2D eigenvalue weighted by atomic mass is 19.1. The van der Waals surface area contributed by atoms with Crippen LogP contribution in [0.1, 0.15) is 12.8 Å². The fourth-order valence-electron chi connectivity index (χ4n) is 1.57. The third-order valence-electron chi connectivity index (χ3n) is 2.95. The summed E-state index contributed by atoms with van der Waals surface area (Å²) in [7, 11) is 2.87. The minimum absolute atomic E-state index is 0.153. The van der Waals surface area contributed by atoms with Gasteiger partial charge in [0.1, 0.15) is 5.84 Å². The van der Waals surface area contributed by atoms with E-state index in [1.165, 1.54) is 32.5 Å². The van der Waals surface area contributed by atoms with Gasteiger partial charge in [0.15, 0.2) is 6.30 Å². The van der Waals surface area contributed by atoms with Crippen molar-refractivity contribution in [2.24, 2.45) is 10.7 Å². The number of carbonyl (C=O) groups excluding carboxylic acids is 1. The monoisotopic (exact) mass is 287 g/mol. The second kappa shape index (κ2) is 9.22. The zero-order valence-electron chi connectivity index (χ0n) is 11.8. The van der Waals surface area contributed by atoms with Crippen molar-refractivity contribution in [2.75, 3.05) is 20.8 Å². The average Bonchev–Trinajstić information content (AvgIpc) is 2.46. The van der Waals surface area contributed by atoms with Crippen LogP contribution in [0.25, 0.3) is 0 Å². The van der Waals surface area contributed by atoms with Crippen molar-refractivity contribution in [3.05, 3.63) is 24.9 Å². The highest BCUT2D eigenvalue weighted by Gasteiger charge is 2.31. The summed E-state index contributed by atoms with van der Waals surface area (Å²) in [5.41, 5.74) is 4.39. The van der Waals surface area contributed by atoms with E-state index < -0.39 is 11.9 Å². The number of amidine groups is 1. The molecule has 114 valence electrons. The predicted octanol–water partition coefficient (Wildman–Crippen LogP) is 0.585. The van der Waals surface area contributed by atoms with Gasteiger partial charge in [-0.3, -0.25) is 14.7 Å². The van der Waals surface area contributed by atoms with Gasteiger partial charge in [-0.1, -0.05) is 6.08 Å². The molecule has 0 aliphatic carbocycles. The Morgan fingerprint density at radius 2 is 2.35 bits per heavy atom. The summed E-state index contributed by atoms with van der Waals surface area (Å²) in [6.07, 6.45) is 2.66. The number of amides is 1. The Labute approximate surface area is 118 Å². The minimum atomic E-state index is -1.64. The van der Waals surface area contributed by atoms with Gasteiger partial charge in [-0.25, -0.2) is 4.39 Å². The van der Waals surface area contributed by atoms with Crippen LogP contribution in [0.4, 0.5) is 4.39 Å². The molecule has 0 bridgehead atoms. The number of hydrogen-bond donors (Lipinski definition) is 2. The number of halogens is 1. The maximum atomic E-state index is 14.2. The van der Waals surface area contributed by atoms with E-state index in [1.54, 1.807) is 0 Å². The summed E-state index contributed by atoms with van der Waals surface area (Å²) in [6.45, 7) is 3.40. The third kappa shape index (κ3) is 5.50. The summed E-state index contributed by atoms with van der Waals surface area (Å²) in [4.78, 5) is 15.4. The Bertz CT molecular complexity index is 374. The van der Waals surface area contributed by atoms with E-state index in [0.29, 0.717) is 6.41 Å². The molecular weight excluding hydrogens is 265 g/mol. The first kappa shape index (κ1) is 18.3. The van der Waals surface area contributed by atoms with E-state index >= 15 is 0 Å². The van der Waals surface area contributed by atoms with Gasteiger partial charge >= 0.3 is 0 Å². The number of alkyl halides is 1. The maximum Gasteiger partial charge on any atom is 0.216 e. The Morgan fingerprint density at radius 3 is 2.75 bits per heavy atom. The van der Waals surface area contributed by atoms with Crippen LogP contribution in [0.5, 0.6) is 0 Å². The first-order chi connectivity index (χ1) is 9.48. The zero-order valence-corrected chi connectivity index (χ0v) is 11.8. The van der Waals surface area contributed by atoms with Crippen molar-refractivity contribution in [3.63, 3.8) is 0 Å². The predicted molar refractivity (Wildman–Crippen MR) is 75.7 cm³/mol. The van der Waals surface area contributed by atoms with Crippen molar-refractivity contribution < 1.29 is 19.0 Å². The Kier molecular flexibility index (Phi) is 8.42. The van der Waals surface area contributed by atoms with Gasteiger partial charge in [0, 0.05) is 39.8 Å². The molecule has 0 unspecified atom stereocenters. The highest BCUT2D eigenvalue weighted by molar-refractivity contribution is 5.91. The van der Waals surface area contributed by atoms with Gasteiger partial charge < -0.3 is 15.6 Å². The van der Waals surface area contributed by atoms with Crippen LogP contribution in [0.2, 0.25) is 0 Å². The van der Waals surface area contributed by atoms with Crippen LogP contribution >= 0.6 is 0 Å². The van der Waals surface area contributed by atoms with Crippen LogP contribution in [0.3, 0.4) is 0 Å². The van der Waals surface area contributed by atoms with Crippen molar-refractivity contribution in [1.29, 1.82) is 0 Å². The molecule has 0 spiro atoms. The molecule has 7 heteroatoms. The Hall–Kier alpha value is -1.73. The number of methoxy groups -OCH3 is 1. The molecule has 0 fully saturated rings. The van der Waals surface area contributed by atoms with E-state index in [9.17, 15) is 9.18 Å². The Balaban J connectivity index is 4.92. The Morgan fingerprint density at radius 1 is 1.70 bits per heavy atom. The second-order valence-electron chi connectivity index (χ2n) is 4.10. The number of nitrogens with zero attached hydrogens (tertiary/aromatic N) is 2. The van der Waals surface area contributed by atoms with Crippen LogP contribution in [-0.2, 0) is 9.53 Å². The lowest BCUT2D eigenvalue weighted by Crippen LogP contribution is -2.38. The topological polar surface area (TPSA) is 88.2 Å². The van der Waals surface area contributed by atoms with Crippen molar-refractivity contribution in [2.45, 2.75) is 24.7 Å². The summed E-state index contributed by atoms with van der Waals surface area (Å²) < 4.78 is 19.4. The lowest BCUT2D eigenvalue weighted by Gasteiger charge is -2.31. The first-order valence-electron chi connectivity index (χ1n) is 6.05. The summed E-state index contributed by atoms with van der Waals surface area (Å²) in [5, 5.41) is 9.00. The van der Waals surface area contributed by atoms with Crippen molar-refractivity contribution >= 4 is 12.2 Å². The minimum Gasteiger partial charge on any atom is -0.396 e. The van der Waals surface area contributed by atoms with Crippen LogP contribution in [0, 0.1) is 0 Å². The van der Waals surface area contributed by atoms with Gasteiger partial charge in [-0.05, 0) is 6.08 Å². The van der Waals surface area contributed by atoms with Crippen molar-refractivity contribution in [3.8, 4) is 0 Å². The molecule has 1 amide bonds. The summed E-state index contributed by atoms with van der Waals surface area (Å²) >= 11 is 0. The van der Waals surface area contributed by atoms with Crippen LogP contribution in [-0.4, -0.2) is 54.9 Å². The number of ether oxygens (including phenoxy) is 1. The van der Waals surface area contributed by atoms with E-state index in [4.69, 9.17) is 15.6 Å². The number of aliphatic hydroxyl groups is 1. The van der Waals surface area contributed by atoms with Crippen LogP contribution in [0.15, 0.2) is 29.9 Å². The largest absolute Gasteiger partial charge is 0.396 e. The molecule has 0 aromatic carbocycles. The number of aliphatic imine (C=N–C) groups is 1. The van der Waals surface area contributed by atoms with E-state index in [1.807, 2.05) is 0 Å². The SMILES string of the molecule is C=C[C@@](CCO)(C[C@H](F)N(C=O)/C=C\C(N)=NC)OC. The lowest BCUT2D eigenvalue weighted by atomic mass is 9.95. The molecule has 0 saturated carbocycles. The number of nitrogens with two attached hydrogens (primary N) is 1. The molecular formula is C13H22FN3O3. The van der Waals surface area contributed by atoms with Gasteiger partial charge in [0.25, 0.3) is 0 Å². The number of hydrogen-bond acceptors (Lipinski definition) is 4. The molecule has 0 radical (unpaired) electrons. The molecule has 0 aromatic rings. The smallest absolute Gasteiger partial charge is 0.216 e. The fourth-order valence-corrected chi connectivity index (χ4v) is 1.57. The molecule has 3 N–H and O–H groups in total. The molecule has 0 aliphatic rings. The van der Waals surface area contributed by atoms with Gasteiger partial charge in [0.05, 0.1) is 5.60 Å². The van der Waals surface area contributed by atoms with E-state index in [2.05, 4.69) is 11.6 Å². The molecule has 0 aliphatic heterocycles. The normalized spacial score (nSPS) is 16.7. The van der Waals surface area contributed by atoms with Crippen molar-refractivity contribution in [1.82, 2.24) is 4.90 Å². The molecule has 0 aromatic heterocycles. The van der Waals surface area contributed by atoms with E-state index in [-0.39, 0.29) is 25.3 Å². The zero-order chi connectivity index (χ0) is 15.6. The molecule has 2 atom stereocenters. The maximum absolute atomic E-state index is 14.2. The average molecular weight is 287 g/mol. The third-order valence-corrected chi connectivity index (χ3v) is 2.95. The number of carbonyl (C=O) groups is 1. The molecule has 0 heterocycles. The quantitative estimate of drug-likeness (QED) is 0.202. The number of aliphatic hydroxyl groups excluding tert-OH is 1. The number of rotatable bonds is 10. The lowest BCUT2D eigenvalue weighted by molar-refractivity contribution is -0.122. The van der Waals surface area contributed by atoms with Gasteiger partial charge in [-0.15, -0.1) is 6.58 Å². The van der Waals surface area contributed by atoms with Gasteiger partial charge in [0.2, 0.25) is 6.41 Å². The van der Waals surface area contributed by atoms with Crippen LogP contribution < -0.4 is 5.73 Å². The summed E-state index contributed by atoms with van der Waals surface area (Å²) in [5.74, 6) is 0.168.